The molecule has 0 fully saturated rings. The van der Waals surface area contributed by atoms with Gasteiger partial charge in [-0.05, 0) is 46.3 Å². The third kappa shape index (κ3) is 2.53. The molecule has 0 aliphatic carbocycles. The molecule has 2 rings (SSSR count). The van der Waals surface area contributed by atoms with Gasteiger partial charge in [0, 0.05) is 5.56 Å². The summed E-state index contributed by atoms with van der Waals surface area (Å²) >= 11 is 2.72. The predicted molar refractivity (Wildman–Crippen MR) is 63.8 cm³/mol. The Balaban J connectivity index is 2.56. The van der Waals surface area contributed by atoms with Crippen LogP contribution < -0.4 is 0 Å². The first kappa shape index (κ1) is 13.7. The van der Waals surface area contributed by atoms with Crippen LogP contribution >= 0.6 is 15.9 Å². The largest absolute Gasteiger partial charge is 0.288 e. The van der Waals surface area contributed by atoms with E-state index in [0.717, 1.165) is 24.3 Å². The number of hydrogen-bond donors (Lipinski definition) is 0. The smallest absolute Gasteiger partial charge is 0.197 e. The Kier molecular flexibility index (Phi) is 3.71. The van der Waals surface area contributed by atoms with Crippen molar-refractivity contribution < 1.29 is 22.4 Å². The molecule has 0 amide bonds. The first-order valence-electron chi connectivity index (χ1n) is 5.05. The van der Waals surface area contributed by atoms with E-state index in [2.05, 4.69) is 15.9 Å². The van der Waals surface area contributed by atoms with Crippen molar-refractivity contribution in [1.82, 2.24) is 0 Å². The molecule has 2 aromatic carbocycles. The van der Waals surface area contributed by atoms with E-state index in [1.807, 2.05) is 0 Å². The number of halogens is 5. The molecule has 0 unspecified atom stereocenters. The number of carbonyl (C=O) groups is 1. The molecule has 2 aromatic rings. The van der Waals surface area contributed by atoms with Crippen LogP contribution in [-0.2, 0) is 0 Å². The van der Waals surface area contributed by atoms with Gasteiger partial charge in [-0.1, -0.05) is 0 Å². The Morgan fingerprint density at radius 1 is 0.895 bits per heavy atom. The van der Waals surface area contributed by atoms with E-state index in [1.165, 1.54) is 0 Å². The quantitative estimate of drug-likeness (QED) is 0.457. The first-order chi connectivity index (χ1) is 8.91. The third-order valence-electron chi connectivity index (χ3n) is 2.45. The van der Waals surface area contributed by atoms with Crippen molar-refractivity contribution in [2.24, 2.45) is 0 Å². The Morgan fingerprint density at radius 2 is 1.53 bits per heavy atom. The highest BCUT2D eigenvalue weighted by atomic mass is 79.9. The molecule has 0 aromatic heterocycles. The van der Waals surface area contributed by atoms with E-state index in [0.29, 0.717) is 6.07 Å². The zero-order valence-electron chi connectivity index (χ0n) is 9.18. The maximum absolute atomic E-state index is 13.4. The van der Waals surface area contributed by atoms with Crippen LogP contribution in [0.4, 0.5) is 17.6 Å². The van der Waals surface area contributed by atoms with E-state index in [9.17, 15) is 22.4 Å². The third-order valence-corrected chi connectivity index (χ3v) is 3.23. The van der Waals surface area contributed by atoms with Crippen molar-refractivity contribution >= 4 is 21.7 Å². The lowest BCUT2D eigenvalue weighted by molar-refractivity contribution is 0.103. The zero-order chi connectivity index (χ0) is 14.2. The summed E-state index contributed by atoms with van der Waals surface area (Å²) in [5, 5.41) is 0. The first-order valence-corrected chi connectivity index (χ1v) is 5.84. The van der Waals surface area contributed by atoms with Crippen molar-refractivity contribution in [1.29, 1.82) is 0 Å². The Morgan fingerprint density at radius 3 is 2.21 bits per heavy atom. The summed E-state index contributed by atoms with van der Waals surface area (Å²) in [5.41, 5.74) is -0.838. The van der Waals surface area contributed by atoms with Crippen LogP contribution in [0.15, 0.2) is 34.8 Å². The van der Waals surface area contributed by atoms with Crippen molar-refractivity contribution in [2.45, 2.75) is 0 Å². The molecule has 1 nitrogen and oxygen atoms in total. The summed E-state index contributed by atoms with van der Waals surface area (Å²) in [6.07, 6.45) is 0. The SMILES string of the molecule is O=C(c1cc(F)ccc1F)c1ccc(F)c(F)c1Br. The number of benzene rings is 2. The Bertz CT molecular complexity index is 670. The predicted octanol–water partition coefficient (Wildman–Crippen LogP) is 4.24. The van der Waals surface area contributed by atoms with Crippen LogP contribution in [0.3, 0.4) is 0 Å². The molecule has 6 heteroatoms. The normalized spacial score (nSPS) is 10.6. The number of hydrogen-bond acceptors (Lipinski definition) is 1. The minimum atomic E-state index is -1.26. The summed E-state index contributed by atoms with van der Waals surface area (Å²) in [6, 6.07) is 4.08. The van der Waals surface area contributed by atoms with Crippen molar-refractivity contribution in [3.05, 3.63) is 69.2 Å². The second-order valence-electron chi connectivity index (χ2n) is 3.68. The highest BCUT2D eigenvalue weighted by Crippen LogP contribution is 2.26. The van der Waals surface area contributed by atoms with Gasteiger partial charge in [0.2, 0.25) is 0 Å². The molecule has 0 aliphatic rings. The second kappa shape index (κ2) is 5.13. The maximum Gasteiger partial charge on any atom is 0.197 e. The second-order valence-corrected chi connectivity index (χ2v) is 4.47. The number of ketones is 1. The molecular weight excluding hydrogens is 328 g/mol. The van der Waals surface area contributed by atoms with Crippen LogP contribution in [0.25, 0.3) is 0 Å². The molecule has 0 radical (unpaired) electrons. The summed E-state index contributed by atoms with van der Waals surface area (Å²) in [4.78, 5) is 12.0. The van der Waals surface area contributed by atoms with Crippen molar-refractivity contribution in [3.63, 3.8) is 0 Å². The molecule has 0 N–H and O–H groups in total. The van der Waals surface area contributed by atoms with Crippen LogP contribution in [0.2, 0.25) is 0 Å². The average Bonchev–Trinajstić information content (AvgIpc) is 2.38. The summed E-state index contributed by atoms with van der Waals surface area (Å²) in [5.74, 6) is -5.10. The van der Waals surface area contributed by atoms with Gasteiger partial charge in [0.1, 0.15) is 11.6 Å². The van der Waals surface area contributed by atoms with Crippen LogP contribution in [0.1, 0.15) is 15.9 Å². The minimum Gasteiger partial charge on any atom is -0.288 e. The monoisotopic (exact) mass is 332 g/mol. The van der Waals surface area contributed by atoms with Crippen LogP contribution in [-0.4, -0.2) is 5.78 Å². The van der Waals surface area contributed by atoms with E-state index < -0.39 is 39.1 Å². The van der Waals surface area contributed by atoms with Crippen LogP contribution in [0, 0.1) is 23.3 Å². The molecule has 0 spiro atoms. The fraction of sp³-hybridized carbons (Fsp3) is 0. The van der Waals surface area contributed by atoms with Crippen molar-refractivity contribution in [3.8, 4) is 0 Å². The summed E-state index contributed by atoms with van der Waals surface area (Å²) in [7, 11) is 0. The van der Waals surface area contributed by atoms with Gasteiger partial charge < -0.3 is 0 Å². The number of rotatable bonds is 2. The van der Waals surface area contributed by atoms with Crippen LogP contribution in [0.5, 0.6) is 0 Å². The molecule has 0 atom stereocenters. The minimum absolute atomic E-state index is 0.289. The summed E-state index contributed by atoms with van der Waals surface area (Å²) in [6.45, 7) is 0. The molecule has 0 saturated heterocycles. The van der Waals surface area contributed by atoms with E-state index in [1.54, 1.807) is 0 Å². The Hall–Kier alpha value is -1.69. The fourth-order valence-electron chi connectivity index (χ4n) is 1.52. The van der Waals surface area contributed by atoms with Gasteiger partial charge in [0.15, 0.2) is 17.4 Å². The molecule has 19 heavy (non-hydrogen) atoms. The lowest BCUT2D eigenvalue weighted by Crippen LogP contribution is -2.07. The highest BCUT2D eigenvalue weighted by Gasteiger charge is 2.21. The van der Waals surface area contributed by atoms with Gasteiger partial charge in [-0.3, -0.25) is 4.79 Å². The summed E-state index contributed by atoms with van der Waals surface area (Å²) < 4.78 is 52.2. The maximum atomic E-state index is 13.4. The van der Waals surface area contributed by atoms with E-state index >= 15 is 0 Å². The van der Waals surface area contributed by atoms with Gasteiger partial charge in [0.05, 0.1) is 10.0 Å². The average molecular weight is 333 g/mol. The molecule has 0 aliphatic heterocycles. The highest BCUT2D eigenvalue weighted by molar-refractivity contribution is 9.10. The number of carbonyl (C=O) groups excluding carboxylic acids is 1. The molecule has 0 saturated carbocycles. The standard InChI is InChI=1S/C13H5BrF4O/c14-11-7(2-4-10(17)12(11)18)13(19)8-5-6(15)1-3-9(8)16/h1-5H. The molecule has 0 bridgehead atoms. The van der Waals surface area contributed by atoms with E-state index in [-0.39, 0.29) is 5.56 Å². The van der Waals surface area contributed by atoms with Crippen molar-refractivity contribution in [2.75, 3.05) is 0 Å². The van der Waals surface area contributed by atoms with Gasteiger partial charge in [-0.15, -0.1) is 0 Å². The van der Waals surface area contributed by atoms with Gasteiger partial charge in [-0.25, -0.2) is 17.6 Å². The Labute approximate surface area is 114 Å². The lowest BCUT2D eigenvalue weighted by Gasteiger charge is -2.06. The fourth-order valence-corrected chi connectivity index (χ4v) is 2.02. The van der Waals surface area contributed by atoms with Gasteiger partial charge in [0.25, 0.3) is 0 Å². The van der Waals surface area contributed by atoms with E-state index in [4.69, 9.17) is 0 Å². The van der Waals surface area contributed by atoms with Gasteiger partial charge >= 0.3 is 0 Å². The molecule has 0 heterocycles. The molecular formula is C13H5BrF4O. The van der Waals surface area contributed by atoms with Gasteiger partial charge in [-0.2, -0.15) is 0 Å². The lowest BCUT2D eigenvalue weighted by atomic mass is 10.0. The zero-order valence-corrected chi connectivity index (χ0v) is 10.8. The topological polar surface area (TPSA) is 17.1 Å². The molecule has 98 valence electrons.